The van der Waals surface area contributed by atoms with E-state index >= 15 is 0 Å². The number of nitrogens with one attached hydrogen (secondary N) is 2. The molecule has 0 aromatic heterocycles. The van der Waals surface area contributed by atoms with Gasteiger partial charge in [-0.1, -0.05) is 19.9 Å². The van der Waals surface area contributed by atoms with Gasteiger partial charge in [0, 0.05) is 24.1 Å². The summed E-state index contributed by atoms with van der Waals surface area (Å²) in [5.74, 6) is 1.01. The van der Waals surface area contributed by atoms with Crippen LogP contribution in [0, 0.1) is 39.2 Å². The van der Waals surface area contributed by atoms with Crippen LogP contribution in [0.3, 0.4) is 0 Å². The third-order valence-corrected chi connectivity index (χ3v) is 7.46. The fourth-order valence-corrected chi connectivity index (χ4v) is 6.33. The Morgan fingerprint density at radius 3 is 2.23 bits per heavy atom. The van der Waals surface area contributed by atoms with E-state index in [0.29, 0.717) is 17.8 Å². The Bertz CT molecular complexity index is 862. The summed E-state index contributed by atoms with van der Waals surface area (Å²) >= 11 is 0. The number of hydrogen-bond donors (Lipinski definition) is 2. The average molecular weight is 429 g/mol. The van der Waals surface area contributed by atoms with Crippen molar-refractivity contribution in [2.75, 3.05) is 0 Å². The monoisotopic (exact) mass is 428 g/mol. The molecule has 0 unspecified atom stereocenters. The first-order chi connectivity index (χ1) is 14.7. The molecule has 4 aliphatic rings. The van der Waals surface area contributed by atoms with E-state index in [0.717, 1.165) is 31.4 Å². The molecule has 0 radical (unpaired) electrons. The predicted octanol–water partition coefficient (Wildman–Crippen LogP) is 2.64. The quantitative estimate of drug-likeness (QED) is 0.510. The van der Waals surface area contributed by atoms with Gasteiger partial charge in [-0.15, -0.1) is 5.75 Å². The minimum Gasteiger partial charge on any atom is -0.872 e. The number of nitro benzene ring substituents is 1. The van der Waals surface area contributed by atoms with Gasteiger partial charge < -0.3 is 15.7 Å². The zero-order valence-electron chi connectivity index (χ0n) is 18.1. The molecule has 8 heteroatoms. The molecule has 4 bridgehead atoms. The summed E-state index contributed by atoms with van der Waals surface area (Å²) in [6.07, 6.45) is 6.48. The largest absolute Gasteiger partial charge is 0.872 e. The zero-order valence-corrected chi connectivity index (χ0v) is 18.1. The first-order valence-corrected chi connectivity index (χ1v) is 11.2. The van der Waals surface area contributed by atoms with Gasteiger partial charge in [-0.2, -0.15) is 0 Å². The van der Waals surface area contributed by atoms with Crippen molar-refractivity contribution >= 4 is 17.5 Å². The molecule has 1 aromatic rings. The molecule has 168 valence electrons. The third-order valence-electron chi connectivity index (χ3n) is 7.46. The predicted molar refractivity (Wildman–Crippen MR) is 112 cm³/mol. The Balaban J connectivity index is 1.42. The number of carbonyl (C=O) groups excluding carboxylic acids is 2. The van der Waals surface area contributed by atoms with Crippen LogP contribution in [-0.4, -0.2) is 22.8 Å². The topological polar surface area (TPSA) is 124 Å². The molecule has 0 spiro atoms. The number of amides is 2. The average Bonchev–Trinajstić information content (AvgIpc) is 2.69. The van der Waals surface area contributed by atoms with Gasteiger partial charge in [-0.25, -0.2) is 0 Å². The second-order valence-electron chi connectivity index (χ2n) is 10.2. The molecule has 5 rings (SSSR count). The fraction of sp³-hybridized carbons (Fsp3) is 0.652. The maximum absolute atomic E-state index is 13.3. The first kappa shape index (κ1) is 21.6. The van der Waals surface area contributed by atoms with Gasteiger partial charge in [-0.05, 0) is 67.8 Å². The Hall–Kier alpha value is -2.64. The molecule has 1 aromatic carbocycles. The fourth-order valence-electron chi connectivity index (χ4n) is 6.33. The van der Waals surface area contributed by atoms with E-state index in [2.05, 4.69) is 10.6 Å². The van der Waals surface area contributed by atoms with Crippen molar-refractivity contribution in [1.82, 2.24) is 10.6 Å². The SMILES string of the molecule is CC(C)[C@@H](NC(=O)C12CC3CC(CC(C3)C1)C2)C(=O)NCc1cc([N+](=O)[O-])ccc1[O-]. The molecule has 4 aliphatic carbocycles. The molecule has 1 atom stereocenters. The van der Waals surface area contributed by atoms with Crippen molar-refractivity contribution in [1.29, 1.82) is 0 Å². The van der Waals surface area contributed by atoms with Crippen LogP contribution in [0.4, 0.5) is 5.69 Å². The number of non-ortho nitro benzene ring substituents is 1. The van der Waals surface area contributed by atoms with Crippen molar-refractivity contribution in [3.63, 3.8) is 0 Å². The van der Waals surface area contributed by atoms with Crippen LogP contribution in [0.2, 0.25) is 0 Å². The number of benzene rings is 1. The minimum atomic E-state index is -0.714. The van der Waals surface area contributed by atoms with E-state index in [9.17, 15) is 24.8 Å². The Morgan fingerprint density at radius 1 is 1.13 bits per heavy atom. The van der Waals surface area contributed by atoms with Gasteiger partial charge >= 0.3 is 0 Å². The zero-order chi connectivity index (χ0) is 22.3. The van der Waals surface area contributed by atoms with Gasteiger partial charge in [0.15, 0.2) is 0 Å². The molecular weight excluding hydrogens is 398 g/mol. The van der Waals surface area contributed by atoms with Gasteiger partial charge in [0.2, 0.25) is 11.8 Å². The highest BCUT2D eigenvalue weighted by molar-refractivity contribution is 5.90. The molecule has 0 saturated heterocycles. The van der Waals surface area contributed by atoms with E-state index in [1.807, 2.05) is 13.8 Å². The van der Waals surface area contributed by atoms with Crippen molar-refractivity contribution in [3.05, 3.63) is 33.9 Å². The van der Waals surface area contributed by atoms with Crippen LogP contribution in [0.15, 0.2) is 18.2 Å². The third kappa shape index (κ3) is 4.25. The highest BCUT2D eigenvalue weighted by atomic mass is 16.6. The van der Waals surface area contributed by atoms with Crippen LogP contribution in [-0.2, 0) is 16.1 Å². The van der Waals surface area contributed by atoms with Crippen LogP contribution >= 0.6 is 0 Å². The molecule has 0 aliphatic heterocycles. The molecule has 31 heavy (non-hydrogen) atoms. The summed E-state index contributed by atoms with van der Waals surface area (Å²) in [7, 11) is 0. The Labute approximate surface area is 181 Å². The number of nitro groups is 1. The van der Waals surface area contributed by atoms with E-state index < -0.39 is 11.0 Å². The lowest BCUT2D eigenvalue weighted by Gasteiger charge is -2.55. The smallest absolute Gasteiger partial charge is 0.269 e. The molecule has 8 nitrogen and oxygen atoms in total. The van der Waals surface area contributed by atoms with Crippen molar-refractivity contribution in [2.24, 2.45) is 29.1 Å². The number of nitrogens with zero attached hydrogens (tertiary/aromatic N) is 1. The molecule has 2 N–H and O–H groups in total. The molecule has 4 saturated carbocycles. The highest BCUT2D eigenvalue weighted by Gasteiger charge is 2.55. The second kappa shape index (κ2) is 8.13. The maximum atomic E-state index is 13.3. The molecule has 0 heterocycles. The van der Waals surface area contributed by atoms with Crippen molar-refractivity contribution in [3.8, 4) is 5.75 Å². The molecule has 4 fully saturated rings. The highest BCUT2D eigenvalue weighted by Crippen LogP contribution is 2.60. The van der Waals surface area contributed by atoms with Crippen molar-refractivity contribution in [2.45, 2.75) is 65.0 Å². The maximum Gasteiger partial charge on any atom is 0.269 e. The lowest BCUT2D eigenvalue weighted by atomic mass is 9.49. The van der Waals surface area contributed by atoms with Gasteiger partial charge in [0.1, 0.15) is 6.04 Å². The van der Waals surface area contributed by atoms with Crippen LogP contribution < -0.4 is 15.7 Å². The van der Waals surface area contributed by atoms with Gasteiger partial charge in [-0.3, -0.25) is 19.7 Å². The van der Waals surface area contributed by atoms with Crippen LogP contribution in [0.25, 0.3) is 0 Å². The second-order valence-corrected chi connectivity index (χ2v) is 10.2. The van der Waals surface area contributed by atoms with E-state index in [4.69, 9.17) is 0 Å². The number of hydrogen-bond acceptors (Lipinski definition) is 5. The van der Waals surface area contributed by atoms with Crippen molar-refractivity contribution < 1.29 is 19.6 Å². The standard InChI is InChI=1S/C23H31N3O5/c1-13(2)20(21(28)24-12-17-8-18(26(30)31)3-4-19(17)27)25-22(29)23-9-14-5-15(10-23)7-16(6-14)11-23/h3-4,8,13-16,20,27H,5-7,9-12H2,1-2H3,(H,24,28)(H,25,29)/p-1/t14?,15?,16?,20-,23?/m1/s1. The summed E-state index contributed by atoms with van der Waals surface area (Å²) in [5.41, 5.74) is -0.387. The van der Waals surface area contributed by atoms with E-state index in [1.165, 1.54) is 25.3 Å². The summed E-state index contributed by atoms with van der Waals surface area (Å²) in [6.45, 7) is 3.63. The van der Waals surface area contributed by atoms with Crippen LogP contribution in [0.5, 0.6) is 5.75 Å². The summed E-state index contributed by atoms with van der Waals surface area (Å²) in [5, 5.41) is 28.7. The normalized spacial score (nSPS) is 29.6. The van der Waals surface area contributed by atoms with Gasteiger partial charge in [0.05, 0.1) is 4.92 Å². The number of carbonyl (C=O) groups is 2. The van der Waals surface area contributed by atoms with Crippen LogP contribution in [0.1, 0.15) is 57.9 Å². The van der Waals surface area contributed by atoms with Gasteiger partial charge in [0.25, 0.3) is 5.69 Å². The van der Waals surface area contributed by atoms with E-state index in [1.54, 1.807) is 0 Å². The molecule has 2 amide bonds. The Kier molecular flexibility index (Phi) is 5.66. The lowest BCUT2D eigenvalue weighted by molar-refractivity contribution is -0.385. The molecular formula is C23H30N3O5-. The first-order valence-electron chi connectivity index (χ1n) is 11.2. The summed E-state index contributed by atoms with van der Waals surface area (Å²) < 4.78 is 0. The lowest BCUT2D eigenvalue weighted by Crippen LogP contribution is -2.58. The summed E-state index contributed by atoms with van der Waals surface area (Å²) in [6, 6.07) is 2.75. The minimum absolute atomic E-state index is 0.0136. The Morgan fingerprint density at radius 2 is 1.71 bits per heavy atom. The van der Waals surface area contributed by atoms with E-state index in [-0.39, 0.29) is 46.7 Å². The summed E-state index contributed by atoms with van der Waals surface area (Å²) in [4.78, 5) is 36.6. The number of rotatable bonds is 7.